The summed E-state index contributed by atoms with van der Waals surface area (Å²) in [5.41, 5.74) is 1.81. The lowest BCUT2D eigenvalue weighted by molar-refractivity contribution is -0.137. The highest BCUT2D eigenvalue weighted by Gasteiger charge is 2.54. The third-order valence-corrected chi connectivity index (χ3v) is 8.51. The summed E-state index contributed by atoms with van der Waals surface area (Å²) >= 11 is 3.47. The van der Waals surface area contributed by atoms with Crippen LogP contribution in [0.1, 0.15) is 18.4 Å². The van der Waals surface area contributed by atoms with Crippen molar-refractivity contribution in [1.29, 1.82) is 0 Å². The van der Waals surface area contributed by atoms with Crippen LogP contribution in [0.5, 0.6) is 5.75 Å². The first-order valence-corrected chi connectivity index (χ1v) is 14.5. The van der Waals surface area contributed by atoms with Gasteiger partial charge in [0.1, 0.15) is 17.8 Å². The number of carbonyl (C=O) groups excluding carboxylic acids is 3. The average molecular weight is 621 g/mol. The highest BCUT2D eigenvalue weighted by molar-refractivity contribution is 9.10. The van der Waals surface area contributed by atoms with Gasteiger partial charge >= 0.3 is 6.03 Å². The normalized spacial score (nSPS) is 16.1. The van der Waals surface area contributed by atoms with E-state index in [-0.39, 0.29) is 24.4 Å². The maximum atomic E-state index is 14.0. The summed E-state index contributed by atoms with van der Waals surface area (Å²) in [7, 11) is 1.63. The third-order valence-electron chi connectivity index (χ3n) is 7.82. The molecule has 0 aromatic heterocycles. The number of nitrogens with zero attached hydrogens (tertiary/aromatic N) is 3. The van der Waals surface area contributed by atoms with Crippen LogP contribution >= 0.6 is 15.9 Å². The molecule has 1 spiro atoms. The molecule has 0 aliphatic carbocycles. The Balaban J connectivity index is 1.24. The Morgan fingerprint density at radius 2 is 1.63 bits per heavy atom. The van der Waals surface area contributed by atoms with E-state index in [1.165, 1.54) is 0 Å². The van der Waals surface area contributed by atoms with Gasteiger partial charge in [-0.1, -0.05) is 48.5 Å². The molecule has 0 radical (unpaired) electrons. The Bertz CT molecular complexity index is 1390. The molecule has 0 saturated carbocycles. The van der Waals surface area contributed by atoms with Gasteiger partial charge < -0.3 is 30.1 Å². The van der Waals surface area contributed by atoms with Crippen molar-refractivity contribution in [2.24, 2.45) is 0 Å². The topological polar surface area (TPSA) is 94.2 Å². The van der Waals surface area contributed by atoms with Crippen LogP contribution in [0.15, 0.2) is 83.3 Å². The first kappa shape index (κ1) is 28.5. The van der Waals surface area contributed by atoms with Gasteiger partial charge in [-0.25, -0.2) is 4.79 Å². The minimum atomic E-state index is -0.816. The van der Waals surface area contributed by atoms with Gasteiger partial charge in [-0.2, -0.15) is 0 Å². The minimum absolute atomic E-state index is 0.0257. The van der Waals surface area contributed by atoms with Crippen molar-refractivity contribution in [1.82, 2.24) is 15.1 Å². The van der Waals surface area contributed by atoms with Crippen molar-refractivity contribution in [3.8, 4) is 5.75 Å². The van der Waals surface area contributed by atoms with E-state index in [4.69, 9.17) is 4.74 Å². The molecule has 0 bridgehead atoms. The van der Waals surface area contributed by atoms with Crippen LogP contribution in [0.4, 0.5) is 16.2 Å². The van der Waals surface area contributed by atoms with Gasteiger partial charge in [-0.05, 0) is 71.1 Å². The summed E-state index contributed by atoms with van der Waals surface area (Å²) in [5.74, 6) is 0.504. The highest BCUT2D eigenvalue weighted by atomic mass is 79.9. The smallest absolute Gasteiger partial charge is 0.321 e. The first-order chi connectivity index (χ1) is 19.9. The van der Waals surface area contributed by atoms with E-state index in [0.717, 1.165) is 21.5 Å². The fraction of sp³-hybridized carbons (Fsp3) is 0.323. The second-order valence-corrected chi connectivity index (χ2v) is 11.1. The number of urea groups is 1. The quantitative estimate of drug-likeness (QED) is 0.387. The monoisotopic (exact) mass is 619 g/mol. The lowest BCUT2D eigenvalue weighted by atomic mass is 9.85. The van der Waals surface area contributed by atoms with Crippen LogP contribution in [-0.4, -0.2) is 73.1 Å². The van der Waals surface area contributed by atoms with E-state index in [1.807, 2.05) is 78.9 Å². The van der Waals surface area contributed by atoms with Crippen LogP contribution in [0, 0.1) is 0 Å². The number of methoxy groups -OCH3 is 1. The number of anilines is 2. The molecule has 214 valence electrons. The van der Waals surface area contributed by atoms with Gasteiger partial charge in [0.2, 0.25) is 5.91 Å². The number of likely N-dealkylation sites (tertiary alicyclic amines) is 1. The van der Waals surface area contributed by atoms with Crippen LogP contribution in [0.2, 0.25) is 0 Å². The molecule has 3 aromatic rings. The number of carbonyl (C=O) groups is 3. The summed E-state index contributed by atoms with van der Waals surface area (Å²) in [6, 6.07) is 24.8. The second kappa shape index (κ2) is 12.6. The number of hydrogen-bond acceptors (Lipinski definition) is 5. The van der Waals surface area contributed by atoms with Crippen molar-refractivity contribution >= 4 is 45.2 Å². The molecule has 2 aliphatic heterocycles. The number of piperidine rings is 1. The number of benzene rings is 3. The number of halogens is 1. The predicted molar refractivity (Wildman–Crippen MR) is 162 cm³/mol. The SMILES string of the molecule is COc1ccccc1CCNC(=O)CN1CN(c2ccccc2)C2(CCN(C(=O)Nc3ccccc3Br)CC2)C1=O. The standard InChI is InChI=1S/C31H34BrN5O4/c1-41-27-14-8-5-9-23(27)15-18-33-28(38)21-36-22-37(24-10-3-2-4-11-24)31(29(36)39)16-19-35(20-17-31)30(40)34-26-13-7-6-12-25(26)32/h2-14H,15-22H2,1H3,(H,33,38)(H,34,40). The summed E-state index contributed by atoms with van der Waals surface area (Å²) in [6.07, 6.45) is 1.56. The summed E-state index contributed by atoms with van der Waals surface area (Å²) < 4.78 is 6.20. The van der Waals surface area contributed by atoms with Crippen molar-refractivity contribution < 1.29 is 19.1 Å². The Morgan fingerprint density at radius 3 is 2.37 bits per heavy atom. The van der Waals surface area contributed by atoms with Crippen molar-refractivity contribution in [3.63, 3.8) is 0 Å². The number of para-hydroxylation sites is 3. The number of ether oxygens (including phenoxy) is 1. The molecule has 10 heteroatoms. The van der Waals surface area contributed by atoms with Gasteiger partial charge in [0.25, 0.3) is 5.91 Å². The summed E-state index contributed by atoms with van der Waals surface area (Å²) in [5, 5.41) is 5.91. The summed E-state index contributed by atoms with van der Waals surface area (Å²) in [4.78, 5) is 45.4. The molecule has 2 saturated heterocycles. The Hall–Kier alpha value is -4.05. The van der Waals surface area contributed by atoms with E-state index in [0.29, 0.717) is 51.3 Å². The molecule has 2 N–H and O–H groups in total. The molecule has 2 fully saturated rings. The molecule has 5 rings (SSSR count). The lowest BCUT2D eigenvalue weighted by Crippen LogP contribution is -2.58. The van der Waals surface area contributed by atoms with Crippen LogP contribution in [0.25, 0.3) is 0 Å². The van der Waals surface area contributed by atoms with Crippen LogP contribution in [0.3, 0.4) is 0 Å². The molecule has 3 aromatic carbocycles. The van der Waals surface area contributed by atoms with Crippen molar-refractivity contribution in [2.45, 2.75) is 24.8 Å². The maximum Gasteiger partial charge on any atom is 0.321 e. The van der Waals surface area contributed by atoms with Gasteiger partial charge in [0.15, 0.2) is 0 Å². The van der Waals surface area contributed by atoms with Gasteiger partial charge in [0, 0.05) is 29.8 Å². The van der Waals surface area contributed by atoms with Crippen LogP contribution < -0.4 is 20.3 Å². The van der Waals surface area contributed by atoms with E-state index < -0.39 is 5.54 Å². The number of hydrogen-bond donors (Lipinski definition) is 2. The maximum absolute atomic E-state index is 14.0. The lowest BCUT2D eigenvalue weighted by Gasteiger charge is -2.43. The molecule has 0 atom stereocenters. The Labute approximate surface area is 248 Å². The Morgan fingerprint density at radius 1 is 0.951 bits per heavy atom. The van der Waals surface area contributed by atoms with Gasteiger partial charge in [-0.15, -0.1) is 0 Å². The van der Waals surface area contributed by atoms with E-state index >= 15 is 0 Å². The fourth-order valence-corrected chi connectivity index (χ4v) is 6.02. The van der Waals surface area contributed by atoms with E-state index in [2.05, 4.69) is 31.5 Å². The van der Waals surface area contributed by atoms with Gasteiger partial charge in [-0.3, -0.25) is 9.59 Å². The van der Waals surface area contributed by atoms with E-state index in [1.54, 1.807) is 16.9 Å². The van der Waals surface area contributed by atoms with Crippen molar-refractivity contribution in [3.05, 3.63) is 88.9 Å². The zero-order chi connectivity index (χ0) is 28.8. The second-order valence-electron chi connectivity index (χ2n) is 10.2. The Kier molecular flexibility index (Phi) is 8.78. The number of rotatable bonds is 8. The van der Waals surface area contributed by atoms with Crippen molar-refractivity contribution in [2.75, 3.05) is 50.2 Å². The molecular formula is C31H34BrN5O4. The number of nitrogens with one attached hydrogen (secondary N) is 2. The molecule has 9 nitrogen and oxygen atoms in total. The zero-order valence-electron chi connectivity index (χ0n) is 23.0. The molecular weight excluding hydrogens is 586 g/mol. The molecule has 0 unspecified atom stereocenters. The third kappa shape index (κ3) is 6.17. The number of amides is 4. The molecule has 41 heavy (non-hydrogen) atoms. The average Bonchev–Trinajstić information content (AvgIpc) is 3.25. The minimum Gasteiger partial charge on any atom is -0.496 e. The predicted octanol–water partition coefficient (Wildman–Crippen LogP) is 4.49. The first-order valence-electron chi connectivity index (χ1n) is 13.7. The van der Waals surface area contributed by atoms with Crippen LogP contribution in [-0.2, 0) is 16.0 Å². The highest BCUT2D eigenvalue weighted by Crippen LogP contribution is 2.39. The molecule has 2 heterocycles. The fourth-order valence-electron chi connectivity index (χ4n) is 5.63. The van der Waals surface area contributed by atoms with E-state index in [9.17, 15) is 14.4 Å². The molecule has 4 amide bonds. The zero-order valence-corrected chi connectivity index (χ0v) is 24.6. The summed E-state index contributed by atoms with van der Waals surface area (Å²) in [6.45, 7) is 1.57. The largest absolute Gasteiger partial charge is 0.496 e. The molecule has 2 aliphatic rings. The van der Waals surface area contributed by atoms with Gasteiger partial charge in [0.05, 0.1) is 19.5 Å².